The number of hydrogen-bond donors (Lipinski definition) is 2. The Hall–Kier alpha value is -1.67. The molecule has 0 radical (unpaired) electrons. The zero-order valence-corrected chi connectivity index (χ0v) is 17.2. The minimum atomic E-state index is -0.429. The first-order chi connectivity index (χ1) is 12.1. The van der Waals surface area contributed by atoms with E-state index in [1.54, 1.807) is 19.5 Å². The second-order valence-electron chi connectivity index (χ2n) is 6.52. The van der Waals surface area contributed by atoms with E-state index in [9.17, 15) is 4.79 Å². The molecule has 1 fully saturated rings. The molecule has 150 valence electrons. The number of piperidine rings is 1. The molecule has 1 saturated heterocycles. The molecule has 0 aliphatic carbocycles. The normalized spacial score (nSPS) is 15.3. The van der Waals surface area contributed by atoms with Crippen LogP contribution in [0.15, 0.2) is 30.7 Å². The topological polar surface area (TPSA) is 81.1 Å². The summed E-state index contributed by atoms with van der Waals surface area (Å²) in [4.78, 5) is 21.4. The van der Waals surface area contributed by atoms with Crippen LogP contribution in [0, 0.1) is 12.3 Å². The minimum Gasteiger partial charge on any atom is -0.384 e. The SMILES string of the molecule is COCC1(C(=O)NCc2ccc(-n3ccnc3C)nc2)CCNCC1.Cl.Cl. The number of aryl methyl sites for hydroxylation is 1. The second kappa shape index (κ2) is 10.6. The molecule has 3 heterocycles. The molecule has 7 nitrogen and oxygen atoms in total. The van der Waals surface area contributed by atoms with Crippen LogP contribution in [0.5, 0.6) is 0 Å². The third kappa shape index (κ3) is 5.42. The lowest BCUT2D eigenvalue weighted by Crippen LogP contribution is -2.49. The monoisotopic (exact) mass is 415 g/mol. The summed E-state index contributed by atoms with van der Waals surface area (Å²) >= 11 is 0. The van der Waals surface area contributed by atoms with Gasteiger partial charge < -0.3 is 15.4 Å². The Morgan fingerprint density at radius 2 is 2.04 bits per heavy atom. The quantitative estimate of drug-likeness (QED) is 0.754. The summed E-state index contributed by atoms with van der Waals surface area (Å²) in [5.74, 6) is 1.77. The molecule has 27 heavy (non-hydrogen) atoms. The zero-order valence-electron chi connectivity index (χ0n) is 15.6. The number of pyridine rings is 1. The lowest BCUT2D eigenvalue weighted by molar-refractivity contribution is -0.136. The number of ether oxygens (including phenoxy) is 1. The predicted octanol–water partition coefficient (Wildman–Crippen LogP) is 2.05. The fraction of sp³-hybridized carbons (Fsp3) is 0.500. The van der Waals surface area contributed by atoms with Gasteiger partial charge in [-0.2, -0.15) is 0 Å². The Kier molecular flexibility index (Phi) is 9.18. The Bertz CT molecular complexity index is 709. The molecule has 0 bridgehead atoms. The number of rotatable bonds is 6. The number of imidazole rings is 1. The van der Waals surface area contributed by atoms with Gasteiger partial charge in [0.25, 0.3) is 0 Å². The van der Waals surface area contributed by atoms with Gasteiger partial charge in [0.2, 0.25) is 5.91 Å². The maximum atomic E-state index is 12.7. The molecular weight excluding hydrogens is 389 g/mol. The molecule has 3 rings (SSSR count). The zero-order chi connectivity index (χ0) is 17.7. The summed E-state index contributed by atoms with van der Waals surface area (Å²) < 4.78 is 7.24. The van der Waals surface area contributed by atoms with Gasteiger partial charge in [-0.15, -0.1) is 24.8 Å². The highest BCUT2D eigenvalue weighted by Gasteiger charge is 2.39. The molecule has 2 aromatic heterocycles. The van der Waals surface area contributed by atoms with Crippen LogP contribution in [0.4, 0.5) is 0 Å². The van der Waals surface area contributed by atoms with Crippen LogP contribution >= 0.6 is 24.8 Å². The lowest BCUT2D eigenvalue weighted by Gasteiger charge is -2.35. The largest absolute Gasteiger partial charge is 0.384 e. The number of aromatic nitrogens is 3. The molecule has 9 heteroatoms. The number of amides is 1. The third-order valence-electron chi connectivity index (χ3n) is 4.80. The van der Waals surface area contributed by atoms with Crippen LogP contribution in [0.1, 0.15) is 24.2 Å². The van der Waals surface area contributed by atoms with Crippen molar-refractivity contribution in [2.24, 2.45) is 5.41 Å². The Labute approximate surface area is 172 Å². The van der Waals surface area contributed by atoms with E-state index in [4.69, 9.17) is 4.74 Å². The number of nitrogens with one attached hydrogen (secondary N) is 2. The summed E-state index contributed by atoms with van der Waals surface area (Å²) in [7, 11) is 1.65. The second-order valence-corrected chi connectivity index (χ2v) is 6.52. The summed E-state index contributed by atoms with van der Waals surface area (Å²) in [5, 5.41) is 6.35. The average Bonchev–Trinajstić information content (AvgIpc) is 3.07. The van der Waals surface area contributed by atoms with Crippen molar-refractivity contribution in [2.45, 2.75) is 26.3 Å². The van der Waals surface area contributed by atoms with E-state index in [2.05, 4.69) is 20.6 Å². The van der Waals surface area contributed by atoms with Crippen LogP contribution in [-0.4, -0.2) is 47.2 Å². The highest BCUT2D eigenvalue weighted by molar-refractivity contribution is 5.85. The molecule has 0 aromatic carbocycles. The molecular formula is C18H27Cl2N5O2. The van der Waals surface area contributed by atoms with Gasteiger partial charge in [-0.1, -0.05) is 6.07 Å². The van der Waals surface area contributed by atoms with Crippen LogP contribution in [0.2, 0.25) is 0 Å². The molecule has 0 atom stereocenters. The van der Waals surface area contributed by atoms with Gasteiger partial charge in [0, 0.05) is 32.2 Å². The van der Waals surface area contributed by atoms with Crippen molar-refractivity contribution in [1.29, 1.82) is 0 Å². The number of carbonyl (C=O) groups excluding carboxylic acids is 1. The van der Waals surface area contributed by atoms with Crippen molar-refractivity contribution in [3.8, 4) is 5.82 Å². The maximum Gasteiger partial charge on any atom is 0.228 e. The Balaban J connectivity index is 0.00000182. The lowest BCUT2D eigenvalue weighted by atomic mass is 9.78. The third-order valence-corrected chi connectivity index (χ3v) is 4.80. The first-order valence-corrected chi connectivity index (χ1v) is 8.58. The number of nitrogens with zero attached hydrogens (tertiary/aromatic N) is 3. The minimum absolute atomic E-state index is 0. The van der Waals surface area contributed by atoms with Gasteiger partial charge >= 0.3 is 0 Å². The number of methoxy groups -OCH3 is 1. The number of carbonyl (C=O) groups is 1. The van der Waals surface area contributed by atoms with E-state index in [-0.39, 0.29) is 30.7 Å². The maximum absolute atomic E-state index is 12.7. The average molecular weight is 416 g/mol. The molecule has 2 aromatic rings. The standard InChI is InChI=1S/C18H25N5O2.2ClH/c1-14-20-9-10-23(14)16-4-3-15(11-21-16)12-22-17(24)18(13-25-2)5-7-19-8-6-18;;/h3-4,9-11,19H,5-8,12-13H2,1-2H3,(H,22,24);2*1H. The highest BCUT2D eigenvalue weighted by Crippen LogP contribution is 2.29. The molecule has 0 saturated carbocycles. The number of halogens is 2. The van der Waals surface area contributed by atoms with Crippen molar-refractivity contribution < 1.29 is 9.53 Å². The predicted molar refractivity (Wildman–Crippen MR) is 109 cm³/mol. The van der Waals surface area contributed by atoms with Crippen molar-refractivity contribution in [3.63, 3.8) is 0 Å². The molecule has 1 aliphatic heterocycles. The summed E-state index contributed by atoms with van der Waals surface area (Å²) in [5.41, 5.74) is 0.540. The van der Waals surface area contributed by atoms with E-state index in [1.807, 2.05) is 29.8 Å². The molecule has 1 amide bonds. The van der Waals surface area contributed by atoms with E-state index in [1.165, 1.54) is 0 Å². The van der Waals surface area contributed by atoms with E-state index in [0.29, 0.717) is 13.2 Å². The van der Waals surface area contributed by atoms with Gasteiger partial charge in [0.15, 0.2) is 0 Å². The fourth-order valence-corrected chi connectivity index (χ4v) is 3.27. The van der Waals surface area contributed by atoms with E-state index in [0.717, 1.165) is 43.1 Å². The summed E-state index contributed by atoms with van der Waals surface area (Å²) in [6, 6.07) is 3.92. The summed E-state index contributed by atoms with van der Waals surface area (Å²) in [6.07, 6.45) is 7.01. The van der Waals surface area contributed by atoms with E-state index >= 15 is 0 Å². The van der Waals surface area contributed by atoms with Gasteiger partial charge in [0.05, 0.1) is 12.0 Å². The molecule has 0 spiro atoms. The van der Waals surface area contributed by atoms with Crippen LogP contribution in [0.25, 0.3) is 5.82 Å². The van der Waals surface area contributed by atoms with Crippen LogP contribution < -0.4 is 10.6 Å². The highest BCUT2D eigenvalue weighted by atomic mass is 35.5. The van der Waals surface area contributed by atoms with Gasteiger partial charge in [-0.05, 0) is 44.5 Å². The van der Waals surface area contributed by atoms with Gasteiger partial charge in [-0.25, -0.2) is 9.97 Å². The van der Waals surface area contributed by atoms with Crippen molar-refractivity contribution in [2.75, 3.05) is 26.8 Å². The molecule has 0 unspecified atom stereocenters. The number of hydrogen-bond acceptors (Lipinski definition) is 5. The van der Waals surface area contributed by atoms with Crippen molar-refractivity contribution in [1.82, 2.24) is 25.2 Å². The Morgan fingerprint density at radius 3 is 2.59 bits per heavy atom. The first-order valence-electron chi connectivity index (χ1n) is 8.58. The molecule has 2 N–H and O–H groups in total. The molecule has 1 aliphatic rings. The van der Waals surface area contributed by atoms with Crippen molar-refractivity contribution >= 4 is 30.7 Å². The first kappa shape index (κ1) is 23.4. The summed E-state index contributed by atoms with van der Waals surface area (Å²) in [6.45, 7) is 4.55. The van der Waals surface area contributed by atoms with Gasteiger partial charge in [-0.3, -0.25) is 9.36 Å². The van der Waals surface area contributed by atoms with E-state index < -0.39 is 5.41 Å². The Morgan fingerprint density at radius 1 is 1.30 bits per heavy atom. The fourth-order valence-electron chi connectivity index (χ4n) is 3.27. The van der Waals surface area contributed by atoms with Crippen LogP contribution in [-0.2, 0) is 16.1 Å². The van der Waals surface area contributed by atoms with Crippen molar-refractivity contribution in [3.05, 3.63) is 42.1 Å². The van der Waals surface area contributed by atoms with Crippen LogP contribution in [0.3, 0.4) is 0 Å². The smallest absolute Gasteiger partial charge is 0.228 e. The van der Waals surface area contributed by atoms with Gasteiger partial charge in [0.1, 0.15) is 11.6 Å².